The molecule has 0 aromatic carbocycles. The van der Waals surface area contributed by atoms with Crippen LogP contribution in [0.25, 0.3) is 11.2 Å². The van der Waals surface area contributed by atoms with Crippen LogP contribution in [0.2, 0.25) is 0 Å². The van der Waals surface area contributed by atoms with E-state index < -0.39 is 90.5 Å². The van der Waals surface area contributed by atoms with Gasteiger partial charge in [0.1, 0.15) is 42.0 Å². The minimum atomic E-state index is -5.58. The maximum absolute atomic E-state index is 12.7. The zero-order valence-electron chi connectivity index (χ0n) is 30.6. The van der Waals surface area contributed by atoms with Gasteiger partial charge in [-0.1, -0.05) is 25.6 Å². The second-order valence-corrected chi connectivity index (χ2v) is 17.9. The number of aliphatic hydroxyl groups is 2. The fourth-order valence-corrected chi connectivity index (χ4v) is 8.22. The molecule has 2 aromatic rings. The number of nitrogens with zero attached hydrogens (tertiary/aromatic N) is 4. The number of phosphoric acid groups is 3. The van der Waals surface area contributed by atoms with Crippen molar-refractivity contribution < 1.29 is 85.3 Å². The number of aromatic nitrogens is 4. The number of rotatable bonds is 21. The van der Waals surface area contributed by atoms with Crippen LogP contribution in [0.15, 0.2) is 12.7 Å². The number of aliphatic hydroxyl groups excluding tert-OH is 2. The van der Waals surface area contributed by atoms with Crippen molar-refractivity contribution >= 4 is 104 Å². The van der Waals surface area contributed by atoms with E-state index in [-0.39, 0.29) is 82.7 Å². The van der Waals surface area contributed by atoms with Crippen molar-refractivity contribution in [1.29, 1.82) is 0 Å². The Bertz CT molecular complexity index is 1870. The summed E-state index contributed by atoms with van der Waals surface area (Å²) in [5.74, 6) is -2.38. The van der Waals surface area contributed by atoms with Gasteiger partial charge in [-0.05, 0) is 13.8 Å². The predicted octanol–water partition coefficient (Wildman–Crippen LogP) is -1.49. The molecule has 25 nitrogen and oxygen atoms in total. The first-order valence-electron chi connectivity index (χ1n) is 15.9. The number of ketones is 1. The number of thioether (sulfide) groups is 1. The van der Waals surface area contributed by atoms with Gasteiger partial charge in [-0.15, -0.1) is 0 Å². The Morgan fingerprint density at radius 2 is 1.70 bits per heavy atom. The molecule has 1 aliphatic heterocycles. The number of carbonyl (C=O) groups is 4. The van der Waals surface area contributed by atoms with Gasteiger partial charge in [0.25, 0.3) is 0 Å². The number of carbonyl (C=O) groups excluding carboxylic acids is 4. The molecule has 1 aliphatic rings. The van der Waals surface area contributed by atoms with Crippen LogP contribution >= 0.6 is 35.2 Å². The van der Waals surface area contributed by atoms with E-state index in [1.165, 1.54) is 27.7 Å². The number of Topliss-reactive ketones (excluding diaryl/α,β-unsaturated/α-hetero) is 1. The zero-order chi connectivity index (χ0) is 41.5. The molecule has 56 heavy (non-hydrogen) atoms. The molecule has 0 bridgehead atoms. The second-order valence-electron chi connectivity index (χ2n) is 12.6. The molecule has 3 heterocycles. The van der Waals surface area contributed by atoms with E-state index in [2.05, 4.69) is 34.4 Å². The Morgan fingerprint density at radius 1 is 1.05 bits per heavy atom. The summed E-state index contributed by atoms with van der Waals surface area (Å²) in [6, 6.07) is 0. The Kier molecular flexibility index (Phi) is 18.9. The molecule has 1 saturated heterocycles. The van der Waals surface area contributed by atoms with Gasteiger partial charge in [-0.25, -0.2) is 28.6 Å². The number of amides is 2. The number of imidazole rings is 1. The molecular weight excluding hydrogens is 846 g/mol. The Balaban J connectivity index is 0.0000108. The van der Waals surface area contributed by atoms with Crippen molar-refractivity contribution in [2.24, 2.45) is 11.3 Å². The van der Waals surface area contributed by atoms with Gasteiger partial charge >= 0.3 is 23.5 Å². The first kappa shape index (κ1) is 50.4. The molecule has 0 spiro atoms. The van der Waals surface area contributed by atoms with Crippen molar-refractivity contribution in [3.8, 4) is 0 Å². The molecule has 3 rings (SSSR count). The first-order valence-corrected chi connectivity index (χ1v) is 21.4. The third-order valence-corrected chi connectivity index (χ3v) is 11.9. The third-order valence-electron chi connectivity index (χ3n) is 7.71. The van der Waals surface area contributed by atoms with Gasteiger partial charge in [0, 0.05) is 60.2 Å². The summed E-state index contributed by atoms with van der Waals surface area (Å²) < 4.78 is 62.0. The van der Waals surface area contributed by atoms with E-state index in [1.807, 2.05) is 0 Å². The van der Waals surface area contributed by atoms with Gasteiger partial charge in [0.05, 0.1) is 25.5 Å². The number of nitrogens with one attached hydrogen (secondary N) is 2. The summed E-state index contributed by atoms with van der Waals surface area (Å²) in [5, 5.41) is 25.9. The number of nitrogens with two attached hydrogens (primary N) is 1. The minimum absolute atomic E-state index is 0. The number of anilines is 1. The normalized spacial score (nSPS) is 22.0. The fraction of sp³-hybridized carbons (Fsp3) is 0.654. The van der Waals surface area contributed by atoms with Crippen molar-refractivity contribution in [3.05, 3.63) is 12.7 Å². The van der Waals surface area contributed by atoms with Crippen LogP contribution in [0.5, 0.6) is 0 Å². The van der Waals surface area contributed by atoms with Crippen LogP contribution in [0.4, 0.5) is 5.82 Å². The molecule has 311 valence electrons. The van der Waals surface area contributed by atoms with Crippen molar-refractivity contribution in [2.45, 2.75) is 64.8 Å². The Hall–Kier alpha value is -1.77. The largest absolute Gasteiger partial charge is 0.481 e. The van der Waals surface area contributed by atoms with Crippen molar-refractivity contribution in [2.75, 3.05) is 37.8 Å². The smallest absolute Gasteiger partial charge is 0.386 e. The summed E-state index contributed by atoms with van der Waals surface area (Å²) in [7, 11) is -16.4. The van der Waals surface area contributed by atoms with Crippen LogP contribution in [0, 0.1) is 11.3 Å². The number of hydrogen-bond donors (Lipinski definition) is 9. The molecule has 3 unspecified atom stereocenters. The molecule has 0 aliphatic carbocycles. The van der Waals surface area contributed by atoms with Gasteiger partial charge < -0.3 is 50.9 Å². The van der Waals surface area contributed by atoms with Crippen molar-refractivity contribution in [1.82, 2.24) is 30.2 Å². The summed E-state index contributed by atoms with van der Waals surface area (Å²) in [6.45, 7) is 3.06. The molecule has 30 heteroatoms. The molecule has 8 atom stereocenters. The summed E-state index contributed by atoms with van der Waals surface area (Å²) in [6.07, 6.45) is -7.03. The molecule has 1 fully saturated rings. The summed E-state index contributed by atoms with van der Waals surface area (Å²) >= 11 is 0.886. The van der Waals surface area contributed by atoms with Crippen LogP contribution in [0.1, 0.15) is 40.3 Å². The predicted molar refractivity (Wildman–Crippen MR) is 193 cm³/mol. The molecule has 2 aromatic heterocycles. The zero-order valence-corrected chi connectivity index (χ0v) is 36.1. The van der Waals surface area contributed by atoms with E-state index >= 15 is 0 Å². The van der Waals surface area contributed by atoms with Crippen LogP contribution < -0.4 is 16.4 Å². The Labute approximate surface area is 344 Å². The fourth-order valence-electron chi connectivity index (χ4n) is 4.57. The summed E-state index contributed by atoms with van der Waals surface area (Å²) in [4.78, 5) is 98.5. The topological polar surface area (TPSA) is 381 Å². The van der Waals surface area contributed by atoms with Crippen LogP contribution in [-0.4, -0.2) is 158 Å². The van der Waals surface area contributed by atoms with E-state index in [0.717, 1.165) is 29.0 Å². The minimum Gasteiger partial charge on any atom is -0.386 e. The van der Waals surface area contributed by atoms with E-state index in [4.69, 9.17) is 19.5 Å². The Morgan fingerprint density at radius 3 is 2.32 bits per heavy atom. The van der Waals surface area contributed by atoms with E-state index in [0.29, 0.717) is 0 Å². The molecule has 1 radical (unpaired) electrons. The maximum atomic E-state index is 12.7. The van der Waals surface area contributed by atoms with Gasteiger partial charge in [0.2, 0.25) is 11.8 Å². The second kappa shape index (κ2) is 21.0. The van der Waals surface area contributed by atoms with E-state index in [1.54, 1.807) is 0 Å². The van der Waals surface area contributed by atoms with E-state index in [9.17, 15) is 62.7 Å². The maximum Gasteiger partial charge on any atom is 0.481 e. The number of hydrogen-bond acceptors (Lipinski definition) is 19. The third kappa shape index (κ3) is 14.8. The van der Waals surface area contributed by atoms with Crippen LogP contribution in [-0.2, 0) is 55.5 Å². The SMILES string of the molecule is CC(=O)C(C)C(=O)SCCNC(=O)CCNC(=O)[C@H](O)C(C)(C)COP(=O)(O)OP(=O)(O)OC[C@H]1O[C@@H](n2cnc3c(N)ncnc32)[C@H](O)[C@@H]1OP(=O)(O)O.[Na]. The quantitative estimate of drug-likeness (QED) is 0.0298. The van der Waals surface area contributed by atoms with Gasteiger partial charge in [0.15, 0.2) is 22.8 Å². The molecule has 0 saturated carbocycles. The number of fused-ring (bicyclic) bond motifs is 1. The molecule has 2 amide bonds. The van der Waals surface area contributed by atoms with Crippen molar-refractivity contribution in [3.63, 3.8) is 0 Å². The van der Waals surface area contributed by atoms with Gasteiger partial charge in [-0.2, -0.15) is 4.31 Å². The molecule has 10 N–H and O–H groups in total. The van der Waals surface area contributed by atoms with Gasteiger partial charge in [-0.3, -0.25) is 37.3 Å². The summed E-state index contributed by atoms with van der Waals surface area (Å²) in [5.41, 5.74) is 4.22. The van der Waals surface area contributed by atoms with Crippen LogP contribution in [0.3, 0.4) is 0 Å². The molecular formula is C26H42N7NaO18P3S. The monoisotopic (exact) mass is 888 g/mol. The number of nitrogen functional groups attached to an aromatic ring is 1. The number of phosphoric ester groups is 3. The average Bonchev–Trinajstić information content (AvgIpc) is 3.64. The average molecular weight is 889 g/mol. The first-order chi connectivity index (χ1) is 25.3. The number of ether oxygens (including phenoxy) is 1. The standard InChI is InChI=1S/C26H42N7O18P3S.Na/c1-13(14(2)34)25(39)55-8-7-28-16(35)5-6-29-23(38)20(37)26(3,4)10-48-54(45,46)51-53(43,44)47-9-15-19(50-52(40,41)42)18(36)24(49-15)33-12-32-17-21(27)30-11-31-22(17)33;/h11-13,15,18-20,24,36-37H,5-10H2,1-4H3,(H,28,35)(H,29,38)(H,43,44)(H,45,46)(H2,27,30,31)(H2,40,41,42);/t13?,15-,18-,19-,20+,24-;/m1./s1.